The van der Waals surface area contributed by atoms with E-state index in [9.17, 15) is 22.8 Å². The van der Waals surface area contributed by atoms with Gasteiger partial charge >= 0.3 is 6.18 Å². The molecular formula is C32H25F3N4O2. The molecule has 3 aromatic carbocycles. The highest BCUT2D eigenvalue weighted by atomic mass is 19.4. The Balaban J connectivity index is 1.32. The van der Waals surface area contributed by atoms with Gasteiger partial charge in [0.1, 0.15) is 5.82 Å². The maximum Gasteiger partial charge on any atom is 0.416 e. The number of amides is 2. The number of pyridine rings is 1. The summed E-state index contributed by atoms with van der Waals surface area (Å²) < 4.78 is 40.7. The topological polar surface area (TPSA) is 67.2 Å². The Morgan fingerprint density at radius 1 is 0.902 bits per heavy atom. The van der Waals surface area contributed by atoms with E-state index in [1.165, 1.54) is 17.0 Å². The SMILES string of the molecule is Cn1cc(NC(=O)c2ccccc2-c2ccc(C(F)(F)F)cc2)cc1N(C=O)Cc1ccc(-c2ccncc2)cc1. The zero-order valence-electron chi connectivity index (χ0n) is 22.0. The van der Waals surface area contributed by atoms with Crippen molar-refractivity contribution >= 4 is 23.8 Å². The number of rotatable bonds is 8. The van der Waals surface area contributed by atoms with Crippen LogP contribution in [0.3, 0.4) is 0 Å². The molecule has 0 saturated carbocycles. The van der Waals surface area contributed by atoms with Gasteiger partial charge in [0.25, 0.3) is 5.91 Å². The van der Waals surface area contributed by atoms with E-state index in [-0.39, 0.29) is 0 Å². The molecule has 2 aromatic heterocycles. The van der Waals surface area contributed by atoms with E-state index in [1.807, 2.05) is 36.4 Å². The fraction of sp³-hybridized carbons (Fsp3) is 0.0938. The largest absolute Gasteiger partial charge is 0.416 e. The number of nitrogens with one attached hydrogen (secondary N) is 1. The molecule has 2 heterocycles. The van der Waals surface area contributed by atoms with Crippen molar-refractivity contribution in [2.24, 2.45) is 7.05 Å². The van der Waals surface area contributed by atoms with Crippen molar-refractivity contribution in [1.82, 2.24) is 9.55 Å². The number of hydrogen-bond donors (Lipinski definition) is 1. The highest BCUT2D eigenvalue weighted by Crippen LogP contribution is 2.32. The van der Waals surface area contributed by atoms with Gasteiger partial charge in [-0.2, -0.15) is 13.2 Å². The first-order valence-corrected chi connectivity index (χ1v) is 12.7. The maximum absolute atomic E-state index is 13.2. The van der Waals surface area contributed by atoms with Crippen LogP contribution >= 0.6 is 0 Å². The minimum Gasteiger partial charge on any atom is -0.335 e. The molecule has 6 nitrogen and oxygen atoms in total. The smallest absolute Gasteiger partial charge is 0.335 e. The lowest BCUT2D eigenvalue weighted by Gasteiger charge is -2.18. The molecule has 0 unspecified atom stereocenters. The molecule has 0 atom stereocenters. The summed E-state index contributed by atoms with van der Waals surface area (Å²) in [6, 6.07) is 24.8. The molecule has 0 aliphatic heterocycles. The van der Waals surface area contributed by atoms with Gasteiger partial charge in [0.2, 0.25) is 6.41 Å². The third kappa shape index (κ3) is 6.19. The summed E-state index contributed by atoms with van der Waals surface area (Å²) in [6.45, 7) is 0.322. The van der Waals surface area contributed by atoms with Gasteiger partial charge in [0.05, 0.1) is 17.8 Å². The number of nitrogens with zero attached hydrogens (tertiary/aromatic N) is 3. The van der Waals surface area contributed by atoms with Crippen molar-refractivity contribution in [3.8, 4) is 22.3 Å². The quantitative estimate of drug-likeness (QED) is 0.207. The molecule has 41 heavy (non-hydrogen) atoms. The van der Waals surface area contributed by atoms with Gasteiger partial charge in [-0.3, -0.25) is 19.5 Å². The molecule has 5 rings (SSSR count). The van der Waals surface area contributed by atoms with Crippen molar-refractivity contribution in [3.63, 3.8) is 0 Å². The first kappa shape index (κ1) is 27.4. The Morgan fingerprint density at radius 2 is 1.54 bits per heavy atom. The summed E-state index contributed by atoms with van der Waals surface area (Å²) in [4.78, 5) is 30.9. The number of alkyl halides is 3. The summed E-state index contributed by atoms with van der Waals surface area (Å²) in [5, 5.41) is 2.85. The number of aryl methyl sites for hydroxylation is 1. The first-order chi connectivity index (χ1) is 19.7. The molecule has 0 fully saturated rings. The van der Waals surface area contributed by atoms with E-state index in [1.54, 1.807) is 60.5 Å². The summed E-state index contributed by atoms with van der Waals surface area (Å²) in [7, 11) is 1.77. The Bertz CT molecular complexity index is 1660. The fourth-order valence-electron chi connectivity index (χ4n) is 4.59. The molecule has 0 aliphatic rings. The minimum absolute atomic E-state index is 0.305. The molecule has 0 aliphatic carbocycles. The van der Waals surface area contributed by atoms with Gasteiger partial charge < -0.3 is 9.88 Å². The zero-order chi connectivity index (χ0) is 29.0. The van der Waals surface area contributed by atoms with Gasteiger partial charge in [0, 0.05) is 37.3 Å². The van der Waals surface area contributed by atoms with Crippen molar-refractivity contribution in [3.05, 3.63) is 126 Å². The molecule has 0 bridgehead atoms. The van der Waals surface area contributed by atoms with Crippen LogP contribution in [-0.2, 0) is 24.6 Å². The zero-order valence-corrected chi connectivity index (χ0v) is 22.0. The molecule has 1 N–H and O–H groups in total. The van der Waals surface area contributed by atoms with E-state index in [2.05, 4.69) is 10.3 Å². The number of carbonyl (C=O) groups excluding carboxylic acids is 2. The Kier molecular flexibility index (Phi) is 7.69. The first-order valence-electron chi connectivity index (χ1n) is 12.7. The lowest BCUT2D eigenvalue weighted by Crippen LogP contribution is -2.22. The van der Waals surface area contributed by atoms with E-state index >= 15 is 0 Å². The van der Waals surface area contributed by atoms with Gasteiger partial charge in [-0.1, -0.05) is 54.6 Å². The molecular weight excluding hydrogens is 529 g/mol. The maximum atomic E-state index is 13.2. The predicted octanol–water partition coefficient (Wildman–Crippen LogP) is 7.19. The fourth-order valence-corrected chi connectivity index (χ4v) is 4.59. The van der Waals surface area contributed by atoms with Gasteiger partial charge in [-0.15, -0.1) is 0 Å². The third-order valence-electron chi connectivity index (χ3n) is 6.67. The van der Waals surface area contributed by atoms with Gasteiger partial charge in [-0.25, -0.2) is 0 Å². The summed E-state index contributed by atoms with van der Waals surface area (Å²) in [6.07, 6.45) is 1.45. The van der Waals surface area contributed by atoms with Crippen LogP contribution in [0.1, 0.15) is 21.5 Å². The lowest BCUT2D eigenvalue weighted by molar-refractivity contribution is -0.137. The van der Waals surface area contributed by atoms with Gasteiger partial charge in [-0.05, 0) is 58.1 Å². The van der Waals surface area contributed by atoms with Crippen LogP contribution < -0.4 is 10.2 Å². The van der Waals surface area contributed by atoms with E-state index < -0.39 is 17.6 Å². The predicted molar refractivity (Wildman–Crippen MR) is 152 cm³/mol. The summed E-state index contributed by atoms with van der Waals surface area (Å²) in [5.74, 6) is 0.145. The molecule has 0 saturated heterocycles. The number of carbonyl (C=O) groups is 2. The van der Waals surface area contributed by atoms with Crippen LogP contribution in [-0.4, -0.2) is 21.9 Å². The minimum atomic E-state index is -4.45. The standard InChI is InChI=1S/C32H25F3N4O2/c1-38-20-27(18-30(38)39(21-40)19-22-6-8-23(9-7-22)24-14-16-36-17-15-24)37-31(41)29-5-3-2-4-28(29)25-10-12-26(13-11-25)32(33,34)35/h2-18,20-21H,19H2,1H3,(H,37,41). The monoisotopic (exact) mass is 554 g/mol. The van der Waals surface area contributed by atoms with Crippen LogP contribution in [0.25, 0.3) is 22.3 Å². The number of aromatic nitrogens is 2. The lowest BCUT2D eigenvalue weighted by atomic mass is 9.98. The van der Waals surface area contributed by atoms with E-state index in [0.29, 0.717) is 34.7 Å². The second-order valence-corrected chi connectivity index (χ2v) is 9.44. The van der Waals surface area contributed by atoms with Crippen molar-refractivity contribution in [2.75, 3.05) is 10.2 Å². The average Bonchev–Trinajstić information content (AvgIpc) is 3.35. The number of halogens is 3. The highest BCUT2D eigenvalue weighted by molar-refractivity contribution is 6.09. The number of benzene rings is 3. The average molecular weight is 555 g/mol. The molecule has 0 spiro atoms. The third-order valence-corrected chi connectivity index (χ3v) is 6.67. The van der Waals surface area contributed by atoms with Crippen LogP contribution in [0.4, 0.5) is 24.7 Å². The molecule has 2 amide bonds. The molecule has 5 aromatic rings. The second-order valence-electron chi connectivity index (χ2n) is 9.44. The van der Waals surface area contributed by atoms with Crippen molar-refractivity contribution < 1.29 is 22.8 Å². The Morgan fingerprint density at radius 3 is 2.20 bits per heavy atom. The summed E-state index contributed by atoms with van der Waals surface area (Å²) in [5.41, 5.74) is 4.00. The number of hydrogen-bond acceptors (Lipinski definition) is 3. The molecule has 206 valence electrons. The number of anilines is 2. The Hall–Kier alpha value is -5.18. The van der Waals surface area contributed by atoms with Gasteiger partial charge in [0.15, 0.2) is 0 Å². The van der Waals surface area contributed by atoms with Crippen molar-refractivity contribution in [2.45, 2.75) is 12.7 Å². The molecule has 9 heteroatoms. The van der Waals surface area contributed by atoms with Crippen LogP contribution in [0.2, 0.25) is 0 Å². The van der Waals surface area contributed by atoms with Crippen molar-refractivity contribution in [1.29, 1.82) is 0 Å². The van der Waals surface area contributed by atoms with E-state index in [4.69, 9.17) is 0 Å². The summed E-state index contributed by atoms with van der Waals surface area (Å²) >= 11 is 0. The highest BCUT2D eigenvalue weighted by Gasteiger charge is 2.30. The van der Waals surface area contributed by atoms with Crippen LogP contribution in [0.5, 0.6) is 0 Å². The normalized spacial score (nSPS) is 11.2. The van der Waals surface area contributed by atoms with Crippen LogP contribution in [0, 0.1) is 0 Å². The van der Waals surface area contributed by atoms with Crippen LogP contribution in [0.15, 0.2) is 110 Å². The van der Waals surface area contributed by atoms with E-state index in [0.717, 1.165) is 35.2 Å². The second kappa shape index (κ2) is 11.5. The molecule has 0 radical (unpaired) electrons. The Labute approximate surface area is 234 Å².